The van der Waals surface area contributed by atoms with Crippen molar-refractivity contribution in [2.24, 2.45) is 5.73 Å². The minimum Gasteiger partial charge on any atom is -0.465 e. The van der Waals surface area contributed by atoms with Crippen LogP contribution < -0.4 is 11.1 Å². The first-order valence-electron chi connectivity index (χ1n) is 27.9. The zero-order valence-electron chi connectivity index (χ0n) is 42.4. The van der Waals surface area contributed by atoms with Crippen molar-refractivity contribution >= 4 is 17.9 Å². The van der Waals surface area contributed by atoms with Gasteiger partial charge in [-0.2, -0.15) is 0 Å². The quantitative estimate of drug-likeness (QED) is 0.0352. The summed E-state index contributed by atoms with van der Waals surface area (Å²) < 4.78 is 16.4. The van der Waals surface area contributed by atoms with Crippen LogP contribution >= 0.6 is 0 Å². The minimum atomic E-state index is -0.601. The molecule has 0 aromatic rings. The SMILES string of the molecule is CCCCCCCCCCCCCCCCCCCCCC(=O)OCC(CNCCCCC(N)C(=O)OCC)OC(=O)CCCCCCCCCCCCCCCCCCCCC. The molecule has 0 fully saturated rings. The Bertz CT molecular complexity index is 963. The molecule has 0 rings (SSSR count). The summed E-state index contributed by atoms with van der Waals surface area (Å²) in [7, 11) is 0. The first kappa shape index (κ1) is 61.3. The van der Waals surface area contributed by atoms with E-state index in [0.717, 1.165) is 44.9 Å². The number of esters is 3. The lowest BCUT2D eigenvalue weighted by molar-refractivity contribution is -0.159. The number of ether oxygens (including phenoxy) is 3. The standard InChI is InChI=1S/C55H108N2O6/c1-4-7-9-11-13-15-17-19-21-23-25-27-29-31-33-35-37-39-41-46-53(58)62-50-51(49-57-48-44-43-45-52(56)55(60)61-6-3)63-54(59)47-42-40-38-36-34-32-30-28-26-24-22-20-18-16-14-12-10-8-5-2/h51-52,57H,4-50,56H2,1-3H3. The van der Waals surface area contributed by atoms with E-state index >= 15 is 0 Å². The third-order valence-corrected chi connectivity index (χ3v) is 12.8. The normalized spacial score (nSPS) is 12.4. The molecule has 0 heterocycles. The lowest BCUT2D eigenvalue weighted by Gasteiger charge is -2.19. The van der Waals surface area contributed by atoms with E-state index in [-0.39, 0.29) is 24.5 Å². The largest absolute Gasteiger partial charge is 0.465 e. The Morgan fingerprint density at radius 2 is 0.746 bits per heavy atom. The Kier molecular flexibility index (Phi) is 50.0. The van der Waals surface area contributed by atoms with Crippen molar-refractivity contribution in [2.45, 2.75) is 309 Å². The van der Waals surface area contributed by atoms with Crippen molar-refractivity contribution in [1.82, 2.24) is 5.32 Å². The van der Waals surface area contributed by atoms with Crippen LogP contribution in [0, 0.1) is 0 Å². The Balaban J connectivity index is 4.12. The summed E-state index contributed by atoms with van der Waals surface area (Å²) in [5, 5.41) is 3.35. The second kappa shape index (κ2) is 51.3. The van der Waals surface area contributed by atoms with Crippen molar-refractivity contribution in [1.29, 1.82) is 0 Å². The third-order valence-electron chi connectivity index (χ3n) is 12.8. The van der Waals surface area contributed by atoms with Gasteiger partial charge in [-0.15, -0.1) is 0 Å². The van der Waals surface area contributed by atoms with E-state index in [4.69, 9.17) is 19.9 Å². The number of rotatable bonds is 52. The van der Waals surface area contributed by atoms with Gasteiger partial charge in [0.25, 0.3) is 0 Å². The van der Waals surface area contributed by atoms with E-state index in [1.165, 1.54) is 212 Å². The molecule has 0 amide bonds. The molecule has 0 aromatic heterocycles. The van der Waals surface area contributed by atoms with Gasteiger partial charge in [-0.1, -0.05) is 251 Å². The smallest absolute Gasteiger partial charge is 0.322 e. The fraction of sp³-hybridized carbons (Fsp3) is 0.945. The minimum absolute atomic E-state index is 0.0730. The summed E-state index contributed by atoms with van der Waals surface area (Å²) in [6.07, 6.45) is 52.7. The van der Waals surface area contributed by atoms with Gasteiger partial charge in [0.05, 0.1) is 6.61 Å². The molecule has 0 radical (unpaired) electrons. The molecule has 0 spiro atoms. The van der Waals surface area contributed by atoms with Gasteiger partial charge in [-0.3, -0.25) is 14.4 Å². The molecule has 3 N–H and O–H groups in total. The molecule has 2 atom stereocenters. The number of carbonyl (C=O) groups excluding carboxylic acids is 3. The highest BCUT2D eigenvalue weighted by Crippen LogP contribution is 2.17. The molecule has 0 aromatic carbocycles. The van der Waals surface area contributed by atoms with Crippen LogP contribution in [-0.4, -0.2) is 56.4 Å². The van der Waals surface area contributed by atoms with Crippen LogP contribution in [0.4, 0.5) is 0 Å². The number of unbranched alkanes of at least 4 members (excludes halogenated alkanes) is 37. The summed E-state index contributed by atoms with van der Waals surface area (Å²) in [5.74, 6) is -0.789. The maximum Gasteiger partial charge on any atom is 0.322 e. The zero-order valence-corrected chi connectivity index (χ0v) is 42.4. The second-order valence-corrected chi connectivity index (χ2v) is 19.1. The lowest BCUT2D eigenvalue weighted by Crippen LogP contribution is -2.36. The van der Waals surface area contributed by atoms with Gasteiger partial charge in [0, 0.05) is 19.4 Å². The molecule has 374 valence electrons. The molecule has 0 saturated heterocycles. The number of nitrogens with two attached hydrogens (primary N) is 1. The van der Waals surface area contributed by atoms with Gasteiger partial charge in [0.15, 0.2) is 0 Å². The average Bonchev–Trinajstić information content (AvgIpc) is 3.28. The van der Waals surface area contributed by atoms with Gasteiger partial charge >= 0.3 is 17.9 Å². The summed E-state index contributed by atoms with van der Waals surface area (Å²) >= 11 is 0. The molecular weight excluding hydrogens is 785 g/mol. The molecule has 0 aliphatic rings. The van der Waals surface area contributed by atoms with Gasteiger partial charge in [0.2, 0.25) is 0 Å². The Hall–Kier alpha value is -1.67. The predicted molar refractivity (Wildman–Crippen MR) is 268 cm³/mol. The fourth-order valence-corrected chi connectivity index (χ4v) is 8.58. The molecule has 8 nitrogen and oxygen atoms in total. The van der Waals surface area contributed by atoms with Crippen LogP contribution in [0.3, 0.4) is 0 Å². The second-order valence-electron chi connectivity index (χ2n) is 19.1. The van der Waals surface area contributed by atoms with E-state index in [0.29, 0.717) is 39.0 Å². The summed E-state index contributed by atoms with van der Waals surface area (Å²) in [6.45, 7) is 7.86. The molecule has 8 heteroatoms. The predicted octanol–water partition coefficient (Wildman–Crippen LogP) is 15.7. The maximum atomic E-state index is 12.8. The molecule has 0 saturated carbocycles. The van der Waals surface area contributed by atoms with Crippen LogP contribution in [0.15, 0.2) is 0 Å². The Labute approximate surface area is 391 Å². The first-order chi connectivity index (χ1) is 30.9. The van der Waals surface area contributed by atoms with E-state index < -0.39 is 12.1 Å². The lowest BCUT2D eigenvalue weighted by atomic mass is 10.0. The number of carbonyl (C=O) groups is 3. The third kappa shape index (κ3) is 48.1. The van der Waals surface area contributed by atoms with Crippen LogP contribution in [0.2, 0.25) is 0 Å². The van der Waals surface area contributed by atoms with Gasteiger partial charge in [0.1, 0.15) is 18.8 Å². The van der Waals surface area contributed by atoms with E-state index in [1.807, 2.05) is 0 Å². The highest BCUT2D eigenvalue weighted by atomic mass is 16.6. The van der Waals surface area contributed by atoms with Crippen LogP contribution in [0.5, 0.6) is 0 Å². The summed E-state index contributed by atoms with van der Waals surface area (Å²) in [4.78, 5) is 37.2. The summed E-state index contributed by atoms with van der Waals surface area (Å²) in [6, 6.07) is -0.601. The molecule has 0 bridgehead atoms. The highest BCUT2D eigenvalue weighted by molar-refractivity contribution is 5.75. The monoisotopic (exact) mass is 893 g/mol. The number of hydrogen-bond acceptors (Lipinski definition) is 8. The zero-order chi connectivity index (χ0) is 45.9. The van der Waals surface area contributed by atoms with Crippen molar-refractivity contribution in [2.75, 3.05) is 26.3 Å². The van der Waals surface area contributed by atoms with Crippen molar-refractivity contribution < 1.29 is 28.6 Å². The molecule has 2 unspecified atom stereocenters. The van der Waals surface area contributed by atoms with Crippen LogP contribution in [0.1, 0.15) is 297 Å². The van der Waals surface area contributed by atoms with Gasteiger partial charge in [-0.25, -0.2) is 0 Å². The highest BCUT2D eigenvalue weighted by Gasteiger charge is 2.18. The Morgan fingerprint density at radius 1 is 0.413 bits per heavy atom. The van der Waals surface area contributed by atoms with E-state index in [9.17, 15) is 14.4 Å². The first-order valence-corrected chi connectivity index (χ1v) is 27.9. The summed E-state index contributed by atoms with van der Waals surface area (Å²) in [5.41, 5.74) is 5.93. The molecular formula is C55H108N2O6. The van der Waals surface area contributed by atoms with Crippen LogP contribution in [-0.2, 0) is 28.6 Å². The topological polar surface area (TPSA) is 117 Å². The average molecular weight is 893 g/mol. The van der Waals surface area contributed by atoms with Gasteiger partial charge in [-0.05, 0) is 39.2 Å². The van der Waals surface area contributed by atoms with Gasteiger partial charge < -0.3 is 25.3 Å². The number of hydrogen-bond donors (Lipinski definition) is 2. The maximum absolute atomic E-state index is 12.8. The molecule has 63 heavy (non-hydrogen) atoms. The van der Waals surface area contributed by atoms with E-state index in [1.54, 1.807) is 6.92 Å². The fourth-order valence-electron chi connectivity index (χ4n) is 8.58. The van der Waals surface area contributed by atoms with Crippen molar-refractivity contribution in [3.63, 3.8) is 0 Å². The van der Waals surface area contributed by atoms with Crippen molar-refractivity contribution in [3.05, 3.63) is 0 Å². The number of nitrogens with one attached hydrogen (secondary N) is 1. The molecule has 0 aliphatic carbocycles. The van der Waals surface area contributed by atoms with E-state index in [2.05, 4.69) is 19.2 Å². The molecule has 0 aliphatic heterocycles. The van der Waals surface area contributed by atoms with Crippen LogP contribution in [0.25, 0.3) is 0 Å². The Morgan fingerprint density at radius 3 is 1.10 bits per heavy atom. The van der Waals surface area contributed by atoms with Crippen molar-refractivity contribution in [3.8, 4) is 0 Å².